The van der Waals surface area contributed by atoms with E-state index in [0.717, 1.165) is 0 Å². The van der Waals surface area contributed by atoms with E-state index in [-0.39, 0.29) is 0 Å². The molecule has 0 rings (SSSR count). The van der Waals surface area contributed by atoms with E-state index < -0.39 is 0 Å². The molecule has 0 atom stereocenters. The molecule has 0 heterocycles. The Bertz CT molecular complexity index is 141. The predicted molar refractivity (Wildman–Crippen MR) is 56.0 cm³/mol. The second-order valence-electron chi connectivity index (χ2n) is 3.42. The first-order valence-electron chi connectivity index (χ1n) is 4.95. The molecule has 0 saturated carbocycles. The highest BCUT2D eigenvalue weighted by Crippen LogP contribution is 2.06. The van der Waals surface area contributed by atoms with Crippen LogP contribution < -0.4 is 0 Å². The average Bonchev–Trinajstić information content (AvgIpc) is 2.02. The van der Waals surface area contributed by atoms with Gasteiger partial charge < -0.3 is 0 Å². The molecule has 0 heteroatoms. The van der Waals surface area contributed by atoms with Crippen LogP contribution in [0.4, 0.5) is 0 Å². The Morgan fingerprint density at radius 1 is 1.08 bits per heavy atom. The molecule has 0 aliphatic rings. The Kier molecular flexibility index (Phi) is 6.84. The summed E-state index contributed by atoms with van der Waals surface area (Å²) in [7, 11) is 0. The molecule has 1 radical (unpaired) electrons. The van der Waals surface area contributed by atoms with Gasteiger partial charge in [-0.15, -0.1) is 0 Å². The SMILES string of the molecule is CCC/C(C)=C\[C]=C(/C)CCC. The minimum atomic E-state index is 1.18. The van der Waals surface area contributed by atoms with E-state index in [1.165, 1.54) is 36.8 Å². The molecule has 0 unspecified atom stereocenters. The molecule has 0 aromatic carbocycles. The molecule has 0 aromatic rings. The second kappa shape index (κ2) is 7.15. The van der Waals surface area contributed by atoms with Gasteiger partial charge in [0.2, 0.25) is 0 Å². The van der Waals surface area contributed by atoms with E-state index in [1.807, 2.05) is 0 Å². The van der Waals surface area contributed by atoms with Crippen LogP contribution in [0.15, 0.2) is 17.2 Å². The van der Waals surface area contributed by atoms with E-state index in [4.69, 9.17) is 0 Å². The summed E-state index contributed by atoms with van der Waals surface area (Å²) in [6.07, 6.45) is 10.3. The molecule has 0 aliphatic heterocycles. The molecular formula is C12H21. The standard InChI is InChI=1S/C12H21/c1-5-7-11(3)9-10-12(4)8-6-2/h9H,5-8H2,1-4H3/b11-9-,12-10?. The van der Waals surface area contributed by atoms with Gasteiger partial charge in [-0.2, -0.15) is 0 Å². The third-order valence-electron chi connectivity index (χ3n) is 1.83. The lowest BCUT2D eigenvalue weighted by molar-refractivity contribution is 0.893. The average molecular weight is 165 g/mol. The Labute approximate surface area is 77.4 Å². The first kappa shape index (κ1) is 11.5. The second-order valence-corrected chi connectivity index (χ2v) is 3.42. The fourth-order valence-corrected chi connectivity index (χ4v) is 1.16. The molecule has 0 bridgehead atoms. The maximum Gasteiger partial charge on any atom is -0.0196 e. The number of rotatable bonds is 5. The van der Waals surface area contributed by atoms with Gasteiger partial charge in [0.1, 0.15) is 0 Å². The predicted octanol–water partition coefficient (Wildman–Crippen LogP) is 4.28. The summed E-state index contributed by atoms with van der Waals surface area (Å²) >= 11 is 0. The van der Waals surface area contributed by atoms with Crippen LogP contribution in [0, 0.1) is 6.08 Å². The highest BCUT2D eigenvalue weighted by Gasteiger charge is 1.87. The Balaban J connectivity index is 3.89. The van der Waals surface area contributed by atoms with E-state index in [1.54, 1.807) is 0 Å². The van der Waals surface area contributed by atoms with Crippen molar-refractivity contribution in [3.05, 3.63) is 23.3 Å². The van der Waals surface area contributed by atoms with Crippen molar-refractivity contribution in [3.8, 4) is 0 Å². The van der Waals surface area contributed by atoms with Crippen LogP contribution in [0.3, 0.4) is 0 Å². The largest absolute Gasteiger partial charge is 0.0727 e. The maximum atomic E-state index is 3.32. The smallest absolute Gasteiger partial charge is 0.0196 e. The lowest BCUT2D eigenvalue weighted by atomic mass is 10.1. The van der Waals surface area contributed by atoms with E-state index >= 15 is 0 Å². The topological polar surface area (TPSA) is 0 Å². The number of hydrogen-bond donors (Lipinski definition) is 0. The summed E-state index contributed by atoms with van der Waals surface area (Å²) in [5.41, 5.74) is 2.81. The van der Waals surface area contributed by atoms with Gasteiger partial charge in [-0.3, -0.25) is 0 Å². The minimum absolute atomic E-state index is 1.18. The molecule has 69 valence electrons. The van der Waals surface area contributed by atoms with Crippen molar-refractivity contribution in [2.75, 3.05) is 0 Å². The van der Waals surface area contributed by atoms with Crippen molar-refractivity contribution >= 4 is 0 Å². The summed E-state index contributed by atoms with van der Waals surface area (Å²) in [6, 6.07) is 0. The quantitative estimate of drug-likeness (QED) is 0.533. The van der Waals surface area contributed by atoms with Crippen LogP contribution >= 0.6 is 0 Å². The van der Waals surface area contributed by atoms with Crippen LogP contribution in [-0.2, 0) is 0 Å². The zero-order valence-electron chi connectivity index (χ0n) is 8.91. The maximum absolute atomic E-state index is 3.32. The molecule has 0 aliphatic carbocycles. The van der Waals surface area contributed by atoms with Gasteiger partial charge in [0, 0.05) is 0 Å². The monoisotopic (exact) mass is 165 g/mol. The molecule has 0 N–H and O–H groups in total. The molecule has 0 nitrogen and oxygen atoms in total. The Hall–Kier alpha value is -0.520. The van der Waals surface area contributed by atoms with Crippen molar-refractivity contribution in [2.45, 2.75) is 53.4 Å². The summed E-state index contributed by atoms with van der Waals surface area (Å²) < 4.78 is 0. The molecule has 0 saturated heterocycles. The van der Waals surface area contributed by atoms with Crippen molar-refractivity contribution in [1.29, 1.82) is 0 Å². The third kappa shape index (κ3) is 6.21. The van der Waals surface area contributed by atoms with Gasteiger partial charge in [0.05, 0.1) is 0 Å². The van der Waals surface area contributed by atoms with E-state index in [9.17, 15) is 0 Å². The molecule has 0 spiro atoms. The van der Waals surface area contributed by atoms with Gasteiger partial charge in [-0.05, 0) is 32.8 Å². The zero-order chi connectivity index (χ0) is 9.40. The van der Waals surface area contributed by atoms with Crippen LogP contribution in [0.1, 0.15) is 53.4 Å². The minimum Gasteiger partial charge on any atom is -0.0727 e. The van der Waals surface area contributed by atoms with Crippen LogP contribution in [0.5, 0.6) is 0 Å². The van der Waals surface area contributed by atoms with Gasteiger partial charge in [0.15, 0.2) is 0 Å². The van der Waals surface area contributed by atoms with Crippen molar-refractivity contribution in [3.63, 3.8) is 0 Å². The zero-order valence-corrected chi connectivity index (χ0v) is 8.91. The van der Waals surface area contributed by atoms with Gasteiger partial charge >= 0.3 is 0 Å². The van der Waals surface area contributed by atoms with E-state index in [2.05, 4.69) is 39.8 Å². The Morgan fingerprint density at radius 2 is 1.67 bits per heavy atom. The molecule has 0 aromatic heterocycles. The van der Waals surface area contributed by atoms with Gasteiger partial charge in [-0.1, -0.05) is 43.9 Å². The van der Waals surface area contributed by atoms with Crippen molar-refractivity contribution < 1.29 is 0 Å². The molecule has 12 heavy (non-hydrogen) atoms. The Morgan fingerprint density at radius 3 is 2.17 bits per heavy atom. The summed E-state index contributed by atoms with van der Waals surface area (Å²) in [6.45, 7) is 8.74. The van der Waals surface area contributed by atoms with Crippen molar-refractivity contribution in [2.24, 2.45) is 0 Å². The van der Waals surface area contributed by atoms with Gasteiger partial charge in [0.25, 0.3) is 0 Å². The van der Waals surface area contributed by atoms with Crippen LogP contribution in [0.25, 0.3) is 0 Å². The van der Waals surface area contributed by atoms with Crippen LogP contribution in [0.2, 0.25) is 0 Å². The van der Waals surface area contributed by atoms with Gasteiger partial charge in [-0.25, -0.2) is 0 Å². The first-order chi connectivity index (χ1) is 5.70. The van der Waals surface area contributed by atoms with Crippen molar-refractivity contribution in [1.82, 2.24) is 0 Å². The molecule has 0 amide bonds. The fourth-order valence-electron chi connectivity index (χ4n) is 1.16. The lowest BCUT2D eigenvalue weighted by Crippen LogP contribution is -1.77. The fraction of sp³-hybridized carbons (Fsp3) is 0.667. The molecule has 0 fully saturated rings. The lowest BCUT2D eigenvalue weighted by Gasteiger charge is -1.96. The molecular weight excluding hydrogens is 144 g/mol. The van der Waals surface area contributed by atoms with Crippen LogP contribution in [-0.4, -0.2) is 0 Å². The number of allylic oxidation sites excluding steroid dienone is 4. The number of hydrogen-bond acceptors (Lipinski definition) is 0. The third-order valence-corrected chi connectivity index (χ3v) is 1.83. The highest BCUT2D eigenvalue weighted by molar-refractivity contribution is 5.09. The summed E-state index contributed by atoms with van der Waals surface area (Å²) in [5, 5.41) is 0. The first-order valence-corrected chi connectivity index (χ1v) is 4.95. The summed E-state index contributed by atoms with van der Waals surface area (Å²) in [4.78, 5) is 0. The normalized spacial score (nSPS) is 13.7. The van der Waals surface area contributed by atoms with E-state index in [0.29, 0.717) is 0 Å². The summed E-state index contributed by atoms with van der Waals surface area (Å²) in [5.74, 6) is 0. The highest BCUT2D eigenvalue weighted by atomic mass is 13.9.